The topological polar surface area (TPSA) is 52.6 Å². The molecule has 1 saturated heterocycles. The number of nitrogens with one attached hydrogen (secondary N) is 1. The highest BCUT2D eigenvalue weighted by Gasteiger charge is 2.41. The van der Waals surface area contributed by atoms with E-state index in [2.05, 4.69) is 26.1 Å². The number of nitrogens with zero attached hydrogens (tertiary/aromatic N) is 1. The van der Waals surface area contributed by atoms with Gasteiger partial charge in [0.05, 0.1) is 12.6 Å². The number of aliphatic hydroxyl groups is 1. The minimum atomic E-state index is -1.09. The molecule has 2 N–H and O–H groups in total. The fraction of sp³-hybridized carbons (Fsp3) is 0.611. The number of rotatable bonds is 6. The van der Waals surface area contributed by atoms with Crippen molar-refractivity contribution in [2.45, 2.75) is 44.2 Å². The third-order valence-electron chi connectivity index (χ3n) is 4.93. The van der Waals surface area contributed by atoms with Crippen molar-refractivity contribution in [1.82, 2.24) is 10.2 Å². The molecule has 3 rings (SSSR count). The summed E-state index contributed by atoms with van der Waals surface area (Å²) in [6.45, 7) is 4.02. The van der Waals surface area contributed by atoms with E-state index in [4.69, 9.17) is 0 Å². The van der Waals surface area contributed by atoms with E-state index in [1.807, 2.05) is 24.3 Å². The highest BCUT2D eigenvalue weighted by atomic mass is 79.9. The molecule has 2 atom stereocenters. The first kappa shape index (κ1) is 16.9. The molecular formula is C18H25BrN2O2. The fourth-order valence-corrected chi connectivity index (χ4v) is 4.18. The van der Waals surface area contributed by atoms with Crippen LogP contribution in [0.3, 0.4) is 0 Å². The van der Waals surface area contributed by atoms with E-state index in [1.54, 1.807) is 6.92 Å². The van der Waals surface area contributed by atoms with E-state index >= 15 is 0 Å². The molecule has 2 fully saturated rings. The molecule has 4 nitrogen and oxygen atoms in total. The monoisotopic (exact) mass is 380 g/mol. The van der Waals surface area contributed by atoms with E-state index in [0.717, 1.165) is 36.0 Å². The van der Waals surface area contributed by atoms with Crippen LogP contribution < -0.4 is 5.32 Å². The van der Waals surface area contributed by atoms with E-state index in [9.17, 15) is 9.90 Å². The summed E-state index contributed by atoms with van der Waals surface area (Å²) in [5.41, 5.74) is -0.293. The van der Waals surface area contributed by atoms with Gasteiger partial charge in [-0.15, -0.1) is 0 Å². The molecule has 0 unspecified atom stereocenters. The Hall–Kier alpha value is -0.910. The van der Waals surface area contributed by atoms with Crippen LogP contribution in [0.15, 0.2) is 28.7 Å². The van der Waals surface area contributed by atoms with Gasteiger partial charge >= 0.3 is 0 Å². The smallest absolute Gasteiger partial charge is 0.237 e. The SMILES string of the molecule is C[C@](O)(CNC(=O)[C@H](C1CC1)N1CCCC1)c1ccccc1Br. The molecule has 1 aliphatic heterocycles. The first-order chi connectivity index (χ1) is 11.0. The first-order valence-corrected chi connectivity index (χ1v) is 9.27. The fourth-order valence-electron chi connectivity index (χ4n) is 3.47. The minimum absolute atomic E-state index is 0.00693. The van der Waals surface area contributed by atoms with E-state index < -0.39 is 5.60 Å². The molecule has 0 spiro atoms. The molecule has 1 heterocycles. The highest BCUT2D eigenvalue weighted by molar-refractivity contribution is 9.10. The number of hydrogen-bond donors (Lipinski definition) is 2. The molecule has 0 bridgehead atoms. The second-order valence-corrected chi connectivity index (χ2v) is 7.85. The quantitative estimate of drug-likeness (QED) is 0.797. The second-order valence-electron chi connectivity index (χ2n) is 7.00. The summed E-state index contributed by atoms with van der Waals surface area (Å²) in [4.78, 5) is 15.0. The van der Waals surface area contributed by atoms with Gasteiger partial charge in [-0.1, -0.05) is 34.1 Å². The van der Waals surface area contributed by atoms with Crippen molar-refractivity contribution in [3.63, 3.8) is 0 Å². The van der Waals surface area contributed by atoms with Crippen LogP contribution in [-0.4, -0.2) is 41.6 Å². The van der Waals surface area contributed by atoms with Gasteiger partial charge in [0.1, 0.15) is 5.60 Å². The summed E-state index contributed by atoms with van der Waals surface area (Å²) in [6, 6.07) is 7.59. The molecule has 1 aromatic rings. The van der Waals surface area contributed by atoms with Gasteiger partial charge < -0.3 is 10.4 Å². The first-order valence-electron chi connectivity index (χ1n) is 8.48. The number of amides is 1. The van der Waals surface area contributed by atoms with Crippen molar-refractivity contribution in [2.24, 2.45) is 5.92 Å². The van der Waals surface area contributed by atoms with Gasteiger partial charge in [-0.3, -0.25) is 9.69 Å². The van der Waals surface area contributed by atoms with Crippen LogP contribution in [0.25, 0.3) is 0 Å². The van der Waals surface area contributed by atoms with Gasteiger partial charge in [0.2, 0.25) is 5.91 Å². The Kier molecular flexibility index (Phi) is 5.09. The van der Waals surface area contributed by atoms with Crippen LogP contribution in [0.2, 0.25) is 0 Å². The molecule has 1 amide bonds. The van der Waals surface area contributed by atoms with Crippen molar-refractivity contribution < 1.29 is 9.90 Å². The van der Waals surface area contributed by atoms with Crippen molar-refractivity contribution >= 4 is 21.8 Å². The zero-order valence-electron chi connectivity index (χ0n) is 13.6. The van der Waals surface area contributed by atoms with E-state index in [-0.39, 0.29) is 18.5 Å². The maximum Gasteiger partial charge on any atom is 0.237 e. The summed E-state index contributed by atoms with van der Waals surface area (Å²) in [5.74, 6) is 0.572. The molecule has 5 heteroatoms. The Morgan fingerprint density at radius 1 is 1.39 bits per heavy atom. The zero-order chi connectivity index (χ0) is 16.4. The Morgan fingerprint density at radius 3 is 2.65 bits per heavy atom. The van der Waals surface area contributed by atoms with Crippen molar-refractivity contribution in [2.75, 3.05) is 19.6 Å². The number of benzene rings is 1. The third kappa shape index (κ3) is 3.95. The molecule has 0 aromatic heterocycles. The molecule has 1 aromatic carbocycles. The highest BCUT2D eigenvalue weighted by Crippen LogP contribution is 2.37. The van der Waals surface area contributed by atoms with Crippen LogP contribution in [0.1, 0.15) is 38.2 Å². The van der Waals surface area contributed by atoms with Gasteiger partial charge in [-0.2, -0.15) is 0 Å². The molecule has 126 valence electrons. The zero-order valence-corrected chi connectivity index (χ0v) is 15.2. The lowest BCUT2D eigenvalue weighted by molar-refractivity contribution is -0.128. The number of halogens is 1. The third-order valence-corrected chi connectivity index (χ3v) is 5.62. The van der Waals surface area contributed by atoms with Crippen molar-refractivity contribution in [3.8, 4) is 0 Å². The van der Waals surface area contributed by atoms with E-state index in [1.165, 1.54) is 12.8 Å². The normalized spacial score (nSPS) is 22.6. The average molecular weight is 381 g/mol. The van der Waals surface area contributed by atoms with Crippen molar-refractivity contribution in [3.05, 3.63) is 34.3 Å². The molecule has 2 aliphatic rings. The predicted molar refractivity (Wildman–Crippen MR) is 94.0 cm³/mol. The van der Waals surface area contributed by atoms with Gasteiger partial charge in [0.15, 0.2) is 0 Å². The Balaban J connectivity index is 1.64. The summed E-state index contributed by atoms with van der Waals surface area (Å²) in [6.07, 6.45) is 4.67. The van der Waals surface area contributed by atoms with Crippen LogP contribution in [0, 0.1) is 5.92 Å². The van der Waals surface area contributed by atoms with Gasteiger partial charge in [0.25, 0.3) is 0 Å². The lowest BCUT2D eigenvalue weighted by Crippen LogP contribution is -2.50. The standard InChI is InChI=1S/C18H25BrN2O2/c1-18(23,14-6-2-3-7-15(14)19)12-20-17(22)16(13-8-9-13)21-10-4-5-11-21/h2-3,6-7,13,16,23H,4-5,8-12H2,1H3,(H,20,22)/t16-,18-/m0/s1. The molecular weight excluding hydrogens is 356 g/mol. The van der Waals surface area contributed by atoms with Gasteiger partial charge in [0, 0.05) is 4.47 Å². The Labute approximate surface area is 146 Å². The Bertz CT molecular complexity index is 566. The number of hydrogen-bond acceptors (Lipinski definition) is 3. The molecule has 23 heavy (non-hydrogen) atoms. The number of carbonyl (C=O) groups is 1. The molecule has 1 saturated carbocycles. The number of carbonyl (C=O) groups excluding carboxylic acids is 1. The molecule has 0 radical (unpaired) electrons. The lowest BCUT2D eigenvalue weighted by atomic mass is 9.96. The van der Waals surface area contributed by atoms with Crippen molar-refractivity contribution in [1.29, 1.82) is 0 Å². The predicted octanol–water partition coefficient (Wildman–Crippen LogP) is 2.65. The van der Waals surface area contributed by atoms with Crippen LogP contribution in [-0.2, 0) is 10.4 Å². The number of likely N-dealkylation sites (tertiary alicyclic amines) is 1. The minimum Gasteiger partial charge on any atom is -0.384 e. The maximum absolute atomic E-state index is 12.7. The van der Waals surface area contributed by atoms with Crippen LogP contribution in [0.5, 0.6) is 0 Å². The van der Waals surface area contributed by atoms with Gasteiger partial charge in [-0.25, -0.2) is 0 Å². The summed E-state index contributed by atoms with van der Waals surface area (Å²) < 4.78 is 0.859. The van der Waals surface area contributed by atoms with Crippen LogP contribution in [0.4, 0.5) is 0 Å². The summed E-state index contributed by atoms with van der Waals surface area (Å²) >= 11 is 3.47. The van der Waals surface area contributed by atoms with Gasteiger partial charge in [-0.05, 0) is 63.2 Å². The Morgan fingerprint density at radius 2 is 2.04 bits per heavy atom. The second kappa shape index (κ2) is 6.91. The molecule has 1 aliphatic carbocycles. The largest absolute Gasteiger partial charge is 0.384 e. The van der Waals surface area contributed by atoms with Crippen LogP contribution >= 0.6 is 15.9 Å². The van der Waals surface area contributed by atoms with E-state index in [0.29, 0.717) is 5.92 Å². The maximum atomic E-state index is 12.7. The summed E-state index contributed by atoms with van der Waals surface area (Å²) in [7, 11) is 0. The summed E-state index contributed by atoms with van der Waals surface area (Å²) in [5, 5.41) is 13.8. The average Bonchev–Trinajstić information content (AvgIpc) is 3.20. The lowest BCUT2D eigenvalue weighted by Gasteiger charge is -2.30.